The van der Waals surface area contributed by atoms with Gasteiger partial charge in [0.1, 0.15) is 0 Å². The van der Waals surface area contributed by atoms with Crippen LogP contribution < -0.4 is 15.5 Å². The van der Waals surface area contributed by atoms with Crippen molar-refractivity contribution in [2.75, 3.05) is 18.0 Å². The third kappa shape index (κ3) is 3.09. The van der Waals surface area contributed by atoms with E-state index in [2.05, 4.69) is 15.5 Å². The molecular formula is C23H19Cl2N3O2. The van der Waals surface area contributed by atoms with Gasteiger partial charge in [0.25, 0.3) is 0 Å². The SMILES string of the molecule is O=C1NCCC2=C1C(c1ccc(Cl)cc1)C1=C(CCNC1=O)N2c1ccc(Cl)cc1. The molecule has 2 aromatic carbocycles. The van der Waals surface area contributed by atoms with Crippen LogP contribution >= 0.6 is 23.2 Å². The Morgan fingerprint density at radius 1 is 0.733 bits per heavy atom. The summed E-state index contributed by atoms with van der Waals surface area (Å²) in [5.74, 6) is -0.711. The summed E-state index contributed by atoms with van der Waals surface area (Å²) in [5.41, 5.74) is 4.90. The molecule has 0 radical (unpaired) electrons. The van der Waals surface area contributed by atoms with Crippen LogP contribution in [0.5, 0.6) is 0 Å². The molecule has 0 unspecified atom stereocenters. The Morgan fingerprint density at radius 2 is 1.20 bits per heavy atom. The zero-order chi connectivity index (χ0) is 20.8. The lowest BCUT2D eigenvalue weighted by atomic mass is 9.76. The van der Waals surface area contributed by atoms with E-state index in [1.165, 1.54) is 0 Å². The Kier molecular flexibility index (Phi) is 4.80. The minimum atomic E-state index is -0.434. The number of carbonyl (C=O) groups excluding carboxylic acids is 2. The lowest BCUT2D eigenvalue weighted by Crippen LogP contribution is -2.47. The number of anilines is 1. The number of hydrogen-bond donors (Lipinski definition) is 2. The molecule has 152 valence electrons. The maximum Gasteiger partial charge on any atom is 0.249 e. The molecule has 0 saturated carbocycles. The van der Waals surface area contributed by atoms with Crippen LogP contribution in [0.25, 0.3) is 0 Å². The molecule has 2 amide bonds. The standard InChI is InChI=1S/C23H19Cl2N3O2/c24-14-3-1-13(2-4-14)19-20-17(9-11-26-22(20)29)28(16-7-5-15(25)6-8-16)18-10-12-27-23(30)21(18)19/h1-8,19H,9-12H2,(H,26,29)(H,27,30). The van der Waals surface area contributed by atoms with Crippen molar-refractivity contribution in [1.29, 1.82) is 0 Å². The fraction of sp³-hybridized carbons (Fsp3) is 0.217. The molecule has 0 atom stereocenters. The van der Waals surface area contributed by atoms with Crippen molar-refractivity contribution in [3.63, 3.8) is 0 Å². The Morgan fingerprint density at radius 3 is 1.70 bits per heavy atom. The number of hydrogen-bond acceptors (Lipinski definition) is 3. The van der Waals surface area contributed by atoms with Crippen molar-refractivity contribution in [1.82, 2.24) is 10.6 Å². The quantitative estimate of drug-likeness (QED) is 0.738. The smallest absolute Gasteiger partial charge is 0.249 e. The van der Waals surface area contributed by atoms with E-state index in [9.17, 15) is 9.59 Å². The van der Waals surface area contributed by atoms with E-state index >= 15 is 0 Å². The maximum absolute atomic E-state index is 13.1. The molecule has 0 aliphatic carbocycles. The number of rotatable bonds is 2. The second-order valence-electron chi connectivity index (χ2n) is 7.53. The molecule has 0 saturated heterocycles. The second kappa shape index (κ2) is 7.49. The molecule has 5 rings (SSSR count). The molecule has 0 aromatic heterocycles. The lowest BCUT2D eigenvalue weighted by Gasteiger charge is -2.44. The average molecular weight is 440 g/mol. The number of benzene rings is 2. The predicted molar refractivity (Wildman–Crippen MR) is 117 cm³/mol. The highest BCUT2D eigenvalue weighted by Crippen LogP contribution is 2.47. The first kappa shape index (κ1) is 19.2. The highest BCUT2D eigenvalue weighted by Gasteiger charge is 2.44. The number of carbonyl (C=O) groups is 2. The normalized spacial score (nSPS) is 19.3. The summed E-state index contributed by atoms with van der Waals surface area (Å²) < 4.78 is 0. The predicted octanol–water partition coefficient (Wildman–Crippen LogP) is 4.15. The van der Waals surface area contributed by atoms with Crippen LogP contribution in [0, 0.1) is 0 Å². The van der Waals surface area contributed by atoms with Crippen molar-refractivity contribution in [2.45, 2.75) is 18.8 Å². The summed E-state index contributed by atoms with van der Waals surface area (Å²) in [4.78, 5) is 28.3. The van der Waals surface area contributed by atoms with Gasteiger partial charge in [-0.1, -0.05) is 35.3 Å². The van der Waals surface area contributed by atoms with E-state index in [1.54, 1.807) is 12.1 Å². The monoisotopic (exact) mass is 439 g/mol. The van der Waals surface area contributed by atoms with Crippen LogP contribution in [-0.2, 0) is 9.59 Å². The Balaban J connectivity index is 1.77. The van der Waals surface area contributed by atoms with Gasteiger partial charge in [0.2, 0.25) is 11.8 Å². The molecule has 0 spiro atoms. The average Bonchev–Trinajstić information content (AvgIpc) is 2.74. The number of halogens is 2. The largest absolute Gasteiger partial charge is 0.352 e. The summed E-state index contributed by atoms with van der Waals surface area (Å²) in [6.07, 6.45) is 1.37. The van der Waals surface area contributed by atoms with E-state index in [4.69, 9.17) is 23.2 Å². The van der Waals surface area contributed by atoms with Gasteiger partial charge in [0.15, 0.2) is 0 Å². The lowest BCUT2D eigenvalue weighted by molar-refractivity contribution is -0.118. The van der Waals surface area contributed by atoms with Crippen LogP contribution in [0.1, 0.15) is 24.3 Å². The second-order valence-corrected chi connectivity index (χ2v) is 8.40. The molecule has 3 aliphatic heterocycles. The molecule has 0 bridgehead atoms. The van der Waals surface area contributed by atoms with Gasteiger partial charge < -0.3 is 15.5 Å². The minimum absolute atomic E-state index is 0.139. The Labute approximate surface area is 184 Å². The van der Waals surface area contributed by atoms with Crippen molar-refractivity contribution in [3.05, 3.63) is 86.7 Å². The van der Waals surface area contributed by atoms with Gasteiger partial charge in [-0.3, -0.25) is 9.59 Å². The van der Waals surface area contributed by atoms with E-state index in [0.29, 0.717) is 47.1 Å². The van der Waals surface area contributed by atoms with E-state index in [-0.39, 0.29) is 11.8 Å². The van der Waals surface area contributed by atoms with Gasteiger partial charge in [-0.25, -0.2) is 0 Å². The summed E-state index contributed by atoms with van der Waals surface area (Å²) in [7, 11) is 0. The van der Waals surface area contributed by atoms with Gasteiger partial charge in [0, 0.05) is 70.1 Å². The fourth-order valence-electron chi connectivity index (χ4n) is 4.57. The minimum Gasteiger partial charge on any atom is -0.352 e. The van der Waals surface area contributed by atoms with Gasteiger partial charge >= 0.3 is 0 Å². The molecule has 2 N–H and O–H groups in total. The van der Waals surface area contributed by atoms with Crippen LogP contribution in [0.2, 0.25) is 10.0 Å². The maximum atomic E-state index is 13.1. The third-order valence-corrected chi connectivity index (χ3v) is 6.32. The molecule has 3 aliphatic rings. The zero-order valence-electron chi connectivity index (χ0n) is 16.0. The van der Waals surface area contributed by atoms with Gasteiger partial charge in [0.05, 0.1) is 0 Å². The van der Waals surface area contributed by atoms with E-state index in [0.717, 1.165) is 22.6 Å². The topological polar surface area (TPSA) is 61.4 Å². The molecule has 7 heteroatoms. The number of amides is 2. The molecule has 3 heterocycles. The van der Waals surface area contributed by atoms with Crippen molar-refractivity contribution in [2.24, 2.45) is 0 Å². The highest BCUT2D eigenvalue weighted by atomic mass is 35.5. The highest BCUT2D eigenvalue weighted by molar-refractivity contribution is 6.30. The summed E-state index contributed by atoms with van der Waals surface area (Å²) >= 11 is 12.2. The Hall–Kier alpha value is -2.76. The van der Waals surface area contributed by atoms with Gasteiger partial charge in [-0.05, 0) is 42.0 Å². The van der Waals surface area contributed by atoms with Crippen LogP contribution in [-0.4, -0.2) is 24.9 Å². The number of nitrogens with zero attached hydrogens (tertiary/aromatic N) is 1. The molecule has 0 fully saturated rings. The first-order valence-corrected chi connectivity index (χ1v) is 10.6. The summed E-state index contributed by atoms with van der Waals surface area (Å²) in [6.45, 7) is 1.12. The fourth-order valence-corrected chi connectivity index (χ4v) is 4.82. The molecule has 5 nitrogen and oxygen atoms in total. The molecule has 2 aromatic rings. The Bertz CT molecular complexity index is 1060. The van der Waals surface area contributed by atoms with E-state index < -0.39 is 5.92 Å². The number of nitrogens with one attached hydrogen (secondary N) is 2. The first-order valence-electron chi connectivity index (χ1n) is 9.88. The van der Waals surface area contributed by atoms with Crippen LogP contribution in [0.4, 0.5) is 5.69 Å². The van der Waals surface area contributed by atoms with Crippen molar-refractivity contribution in [3.8, 4) is 0 Å². The zero-order valence-corrected chi connectivity index (χ0v) is 17.6. The third-order valence-electron chi connectivity index (χ3n) is 5.81. The van der Waals surface area contributed by atoms with Crippen LogP contribution in [0.15, 0.2) is 71.1 Å². The molecule has 30 heavy (non-hydrogen) atoms. The van der Waals surface area contributed by atoms with Gasteiger partial charge in [-0.15, -0.1) is 0 Å². The first-order chi connectivity index (χ1) is 14.5. The van der Waals surface area contributed by atoms with E-state index in [1.807, 2.05) is 36.4 Å². The van der Waals surface area contributed by atoms with Crippen LogP contribution in [0.3, 0.4) is 0 Å². The summed E-state index contributed by atoms with van der Waals surface area (Å²) in [6, 6.07) is 14.9. The van der Waals surface area contributed by atoms with Crippen molar-refractivity contribution >= 4 is 40.7 Å². The van der Waals surface area contributed by atoms with Gasteiger partial charge in [-0.2, -0.15) is 0 Å². The summed E-state index contributed by atoms with van der Waals surface area (Å²) in [5, 5.41) is 7.17. The molecular weight excluding hydrogens is 421 g/mol. The van der Waals surface area contributed by atoms with Crippen molar-refractivity contribution < 1.29 is 9.59 Å².